The van der Waals surface area contributed by atoms with Gasteiger partial charge in [0.25, 0.3) is 0 Å². The van der Waals surface area contributed by atoms with Crippen molar-refractivity contribution < 1.29 is 9.53 Å². The molecule has 2 rings (SSSR count). The van der Waals surface area contributed by atoms with Gasteiger partial charge in [0.05, 0.1) is 12.7 Å². The van der Waals surface area contributed by atoms with E-state index in [1.54, 1.807) is 11.8 Å². The van der Waals surface area contributed by atoms with Crippen molar-refractivity contribution in [1.82, 2.24) is 0 Å². The van der Waals surface area contributed by atoms with E-state index in [-0.39, 0.29) is 5.97 Å². The van der Waals surface area contributed by atoms with Gasteiger partial charge in [0.1, 0.15) is 0 Å². The fourth-order valence-electron chi connectivity index (χ4n) is 1.71. The number of carbonyl (C=O) groups is 1. The molecule has 0 heterocycles. The number of hydrogen-bond acceptors (Lipinski definition) is 3. The number of esters is 1. The molecule has 0 aliphatic carbocycles. The lowest BCUT2D eigenvalue weighted by Crippen LogP contribution is -2.05. The number of hydrogen-bond donors (Lipinski definition) is 0. The molecule has 0 saturated heterocycles. The summed E-state index contributed by atoms with van der Waals surface area (Å²) < 4.78 is 4.84. The van der Waals surface area contributed by atoms with Gasteiger partial charge in [-0.1, -0.05) is 42.1 Å². The molecule has 0 N–H and O–H groups in total. The highest BCUT2D eigenvalue weighted by Crippen LogP contribution is 2.32. The molecule has 92 valence electrons. The van der Waals surface area contributed by atoms with Crippen LogP contribution in [0.4, 0.5) is 0 Å². The van der Waals surface area contributed by atoms with Gasteiger partial charge in [-0.2, -0.15) is 0 Å². The van der Waals surface area contributed by atoms with E-state index in [4.69, 9.17) is 4.74 Å². The van der Waals surface area contributed by atoms with Crippen molar-refractivity contribution in [2.45, 2.75) is 16.7 Å². The molecule has 0 fully saturated rings. The van der Waals surface area contributed by atoms with E-state index >= 15 is 0 Å². The molecule has 0 aliphatic heterocycles. The Bertz CT molecular complexity index is 550. The van der Waals surface area contributed by atoms with Crippen LogP contribution in [0.1, 0.15) is 15.9 Å². The van der Waals surface area contributed by atoms with Gasteiger partial charge in [-0.05, 0) is 30.7 Å². The maximum Gasteiger partial charge on any atom is 0.339 e. The van der Waals surface area contributed by atoms with Gasteiger partial charge >= 0.3 is 5.97 Å². The predicted octanol–water partition coefficient (Wildman–Crippen LogP) is 3.93. The molecule has 0 spiro atoms. The number of carbonyl (C=O) groups excluding carboxylic acids is 1. The average Bonchev–Trinajstić information content (AvgIpc) is 2.39. The maximum absolute atomic E-state index is 11.8. The van der Waals surface area contributed by atoms with E-state index in [2.05, 4.69) is 0 Å². The molecule has 0 unspecified atom stereocenters. The van der Waals surface area contributed by atoms with E-state index in [0.717, 1.165) is 15.4 Å². The Morgan fingerprint density at radius 1 is 1.06 bits per heavy atom. The second kappa shape index (κ2) is 5.74. The minimum absolute atomic E-state index is 0.286. The van der Waals surface area contributed by atoms with Crippen molar-refractivity contribution in [1.29, 1.82) is 0 Å². The molecule has 3 heteroatoms. The summed E-state index contributed by atoms with van der Waals surface area (Å²) in [5.74, 6) is -0.286. The summed E-state index contributed by atoms with van der Waals surface area (Å²) in [5, 5.41) is 0. The van der Waals surface area contributed by atoms with Crippen molar-refractivity contribution >= 4 is 17.7 Å². The van der Waals surface area contributed by atoms with Crippen LogP contribution in [-0.4, -0.2) is 13.1 Å². The monoisotopic (exact) mass is 258 g/mol. The highest BCUT2D eigenvalue weighted by atomic mass is 32.2. The molecule has 2 nitrogen and oxygen atoms in total. The van der Waals surface area contributed by atoms with Gasteiger partial charge in [-0.15, -0.1) is 0 Å². The molecule has 0 aliphatic rings. The Hall–Kier alpha value is -1.74. The van der Waals surface area contributed by atoms with Crippen LogP contribution < -0.4 is 0 Å². The molecule has 0 amide bonds. The van der Waals surface area contributed by atoms with Crippen molar-refractivity contribution in [2.24, 2.45) is 0 Å². The lowest BCUT2D eigenvalue weighted by molar-refractivity contribution is 0.0596. The fraction of sp³-hybridized carbons (Fsp3) is 0.133. The van der Waals surface area contributed by atoms with E-state index in [1.165, 1.54) is 7.11 Å². The van der Waals surface area contributed by atoms with Crippen molar-refractivity contribution in [3.63, 3.8) is 0 Å². The largest absolute Gasteiger partial charge is 0.465 e. The first kappa shape index (κ1) is 12.7. The summed E-state index contributed by atoms with van der Waals surface area (Å²) in [6, 6.07) is 15.8. The Balaban J connectivity index is 2.39. The van der Waals surface area contributed by atoms with E-state index < -0.39 is 0 Å². The lowest BCUT2D eigenvalue weighted by Gasteiger charge is -2.10. The first-order valence-corrected chi connectivity index (χ1v) is 6.45. The summed E-state index contributed by atoms with van der Waals surface area (Å²) >= 11 is 1.57. The summed E-state index contributed by atoms with van der Waals surface area (Å²) in [6.45, 7) is 1.92. The average molecular weight is 258 g/mol. The molecule has 2 aromatic rings. The van der Waals surface area contributed by atoms with Crippen LogP contribution in [0.25, 0.3) is 0 Å². The van der Waals surface area contributed by atoms with Gasteiger partial charge in [0.15, 0.2) is 0 Å². The summed E-state index contributed by atoms with van der Waals surface area (Å²) in [5.41, 5.74) is 1.58. The zero-order chi connectivity index (χ0) is 13.0. The minimum atomic E-state index is -0.286. The number of rotatable bonds is 3. The summed E-state index contributed by atoms with van der Waals surface area (Å²) in [4.78, 5) is 13.8. The van der Waals surface area contributed by atoms with Gasteiger partial charge in [-0.25, -0.2) is 4.79 Å². The van der Waals surface area contributed by atoms with Crippen LogP contribution in [0, 0.1) is 6.92 Å². The second-order valence-electron chi connectivity index (χ2n) is 3.85. The zero-order valence-corrected chi connectivity index (χ0v) is 11.2. The van der Waals surface area contributed by atoms with E-state index in [1.807, 2.05) is 55.5 Å². The Labute approximate surface area is 111 Å². The molecule has 0 aromatic heterocycles. The predicted molar refractivity (Wildman–Crippen MR) is 73.1 cm³/mol. The molecule has 2 aromatic carbocycles. The first-order valence-electron chi connectivity index (χ1n) is 5.63. The molecule has 0 radical (unpaired) electrons. The second-order valence-corrected chi connectivity index (χ2v) is 4.97. The topological polar surface area (TPSA) is 26.3 Å². The number of methoxy groups -OCH3 is 1. The number of ether oxygens (including phenoxy) is 1. The van der Waals surface area contributed by atoms with Crippen LogP contribution in [0.5, 0.6) is 0 Å². The summed E-state index contributed by atoms with van der Waals surface area (Å²) in [6.07, 6.45) is 0. The normalized spacial score (nSPS) is 10.1. The molecule has 0 atom stereocenters. The SMILES string of the molecule is COC(=O)c1c(C)cccc1Sc1ccccc1. The highest BCUT2D eigenvalue weighted by molar-refractivity contribution is 7.99. The molecule has 0 saturated carbocycles. The lowest BCUT2D eigenvalue weighted by atomic mass is 10.1. The van der Waals surface area contributed by atoms with Crippen molar-refractivity contribution in [2.75, 3.05) is 7.11 Å². The van der Waals surface area contributed by atoms with Crippen LogP contribution in [0.2, 0.25) is 0 Å². The third-order valence-corrected chi connectivity index (χ3v) is 3.66. The third-order valence-electron chi connectivity index (χ3n) is 2.60. The Morgan fingerprint density at radius 3 is 2.44 bits per heavy atom. The maximum atomic E-state index is 11.8. The van der Waals surface area contributed by atoms with Crippen LogP contribution in [0.3, 0.4) is 0 Å². The van der Waals surface area contributed by atoms with Gasteiger partial charge < -0.3 is 4.74 Å². The summed E-state index contributed by atoms with van der Waals surface area (Å²) in [7, 11) is 1.41. The first-order chi connectivity index (χ1) is 8.72. The van der Waals surface area contributed by atoms with Crippen LogP contribution in [0.15, 0.2) is 58.3 Å². The molecule has 18 heavy (non-hydrogen) atoms. The fourth-order valence-corrected chi connectivity index (χ4v) is 2.75. The quantitative estimate of drug-likeness (QED) is 0.780. The van der Waals surface area contributed by atoms with Gasteiger partial charge in [0, 0.05) is 9.79 Å². The van der Waals surface area contributed by atoms with E-state index in [9.17, 15) is 4.79 Å². The van der Waals surface area contributed by atoms with Gasteiger partial charge in [-0.3, -0.25) is 0 Å². The highest BCUT2D eigenvalue weighted by Gasteiger charge is 2.15. The van der Waals surface area contributed by atoms with Crippen molar-refractivity contribution in [3.05, 3.63) is 59.7 Å². The standard InChI is InChI=1S/C15H14O2S/c1-11-7-6-10-13(14(11)15(16)17-2)18-12-8-4-3-5-9-12/h3-10H,1-2H3. The zero-order valence-electron chi connectivity index (χ0n) is 10.3. The van der Waals surface area contributed by atoms with Gasteiger partial charge in [0.2, 0.25) is 0 Å². The molecule has 0 bridgehead atoms. The third kappa shape index (κ3) is 2.74. The number of aryl methyl sites for hydroxylation is 1. The van der Waals surface area contributed by atoms with Crippen LogP contribution >= 0.6 is 11.8 Å². The number of benzene rings is 2. The Morgan fingerprint density at radius 2 is 1.78 bits per heavy atom. The molecular weight excluding hydrogens is 244 g/mol. The van der Waals surface area contributed by atoms with E-state index in [0.29, 0.717) is 5.56 Å². The Kier molecular flexibility index (Phi) is 4.05. The minimum Gasteiger partial charge on any atom is -0.465 e. The van der Waals surface area contributed by atoms with Crippen LogP contribution in [-0.2, 0) is 4.74 Å². The smallest absolute Gasteiger partial charge is 0.339 e. The van der Waals surface area contributed by atoms with Crippen molar-refractivity contribution in [3.8, 4) is 0 Å². The molecular formula is C15H14O2S.